The van der Waals surface area contributed by atoms with Crippen molar-refractivity contribution in [2.24, 2.45) is 0 Å². The van der Waals surface area contributed by atoms with Crippen LogP contribution < -0.4 is 14.2 Å². The first-order valence-electron chi connectivity index (χ1n) is 9.68. The zero-order valence-electron chi connectivity index (χ0n) is 16.9. The summed E-state index contributed by atoms with van der Waals surface area (Å²) in [6, 6.07) is 9.31. The Morgan fingerprint density at radius 1 is 1.17 bits per heavy atom. The molecule has 4 rings (SSSR count). The lowest BCUT2D eigenvalue weighted by molar-refractivity contribution is 0.0520. The molecule has 1 N–H and O–H groups in total. The summed E-state index contributed by atoms with van der Waals surface area (Å²) < 4.78 is 16.4. The highest BCUT2D eigenvalue weighted by atomic mass is 16.5. The number of hydrogen-bond donors (Lipinski definition) is 1. The molecule has 1 saturated heterocycles. The lowest BCUT2D eigenvalue weighted by Gasteiger charge is -2.32. The van der Waals surface area contributed by atoms with E-state index in [0.29, 0.717) is 42.0 Å². The fourth-order valence-corrected chi connectivity index (χ4v) is 3.47. The van der Waals surface area contributed by atoms with Crippen LogP contribution in [0.5, 0.6) is 17.5 Å². The number of methoxy groups -OCH3 is 2. The molecule has 1 aliphatic rings. The number of nitrogens with one attached hydrogen (secondary N) is 1. The average molecular weight is 409 g/mol. The van der Waals surface area contributed by atoms with E-state index in [9.17, 15) is 4.79 Å². The highest BCUT2D eigenvalue weighted by molar-refractivity contribution is 5.93. The number of amides is 1. The molecule has 0 aliphatic carbocycles. The molecule has 0 radical (unpaired) electrons. The Morgan fingerprint density at radius 2 is 2.00 bits per heavy atom. The molecule has 0 bridgehead atoms. The van der Waals surface area contributed by atoms with E-state index in [0.717, 1.165) is 18.4 Å². The SMILES string of the molecule is COc1cncc(OC2CCCN(C(=O)c3cc(-c4ccccc4OC)n[nH]3)C2)n1. The predicted octanol–water partition coefficient (Wildman–Crippen LogP) is 2.57. The van der Waals surface area contributed by atoms with E-state index in [1.165, 1.54) is 19.5 Å². The molecule has 3 heterocycles. The third-order valence-corrected chi connectivity index (χ3v) is 4.94. The summed E-state index contributed by atoms with van der Waals surface area (Å²) in [6.45, 7) is 1.12. The maximum Gasteiger partial charge on any atom is 0.272 e. The number of nitrogens with zero attached hydrogens (tertiary/aromatic N) is 4. The van der Waals surface area contributed by atoms with Gasteiger partial charge in [-0.15, -0.1) is 0 Å². The molecule has 9 heteroatoms. The summed E-state index contributed by atoms with van der Waals surface area (Å²) in [6.07, 6.45) is 4.55. The first-order valence-corrected chi connectivity index (χ1v) is 9.68. The molecule has 1 amide bonds. The van der Waals surface area contributed by atoms with Gasteiger partial charge in [-0.25, -0.2) is 0 Å². The number of aromatic amines is 1. The van der Waals surface area contributed by atoms with Crippen molar-refractivity contribution in [2.45, 2.75) is 18.9 Å². The molecule has 3 aromatic rings. The van der Waals surface area contributed by atoms with Crippen LogP contribution in [0.15, 0.2) is 42.7 Å². The first-order chi connectivity index (χ1) is 14.7. The monoisotopic (exact) mass is 409 g/mol. The minimum atomic E-state index is -0.166. The van der Waals surface area contributed by atoms with E-state index >= 15 is 0 Å². The number of piperidine rings is 1. The smallest absolute Gasteiger partial charge is 0.272 e. The summed E-state index contributed by atoms with van der Waals surface area (Å²) in [5.74, 6) is 1.36. The molecule has 1 fully saturated rings. The quantitative estimate of drug-likeness (QED) is 0.667. The van der Waals surface area contributed by atoms with Crippen molar-refractivity contribution < 1.29 is 19.0 Å². The van der Waals surface area contributed by atoms with E-state index in [2.05, 4.69) is 20.2 Å². The molecule has 9 nitrogen and oxygen atoms in total. The Bertz CT molecular complexity index is 1020. The van der Waals surface area contributed by atoms with Gasteiger partial charge in [-0.3, -0.25) is 14.9 Å². The molecular weight excluding hydrogens is 386 g/mol. The molecule has 2 aromatic heterocycles. The van der Waals surface area contributed by atoms with Gasteiger partial charge in [0.05, 0.1) is 38.9 Å². The van der Waals surface area contributed by atoms with E-state index in [4.69, 9.17) is 14.2 Å². The lowest BCUT2D eigenvalue weighted by atomic mass is 10.1. The third-order valence-electron chi connectivity index (χ3n) is 4.94. The van der Waals surface area contributed by atoms with Gasteiger partial charge in [0.2, 0.25) is 11.8 Å². The van der Waals surface area contributed by atoms with Gasteiger partial charge in [-0.2, -0.15) is 10.1 Å². The van der Waals surface area contributed by atoms with Crippen molar-refractivity contribution in [1.29, 1.82) is 0 Å². The van der Waals surface area contributed by atoms with Gasteiger partial charge in [0.25, 0.3) is 5.91 Å². The Morgan fingerprint density at radius 3 is 2.83 bits per heavy atom. The third kappa shape index (κ3) is 4.19. The number of carbonyl (C=O) groups excluding carboxylic acids is 1. The van der Waals surface area contributed by atoms with E-state index in [1.807, 2.05) is 24.3 Å². The van der Waals surface area contributed by atoms with Crippen molar-refractivity contribution >= 4 is 5.91 Å². The van der Waals surface area contributed by atoms with Crippen LogP contribution >= 0.6 is 0 Å². The fourth-order valence-electron chi connectivity index (χ4n) is 3.47. The van der Waals surface area contributed by atoms with Gasteiger partial charge < -0.3 is 19.1 Å². The highest BCUT2D eigenvalue weighted by Gasteiger charge is 2.27. The van der Waals surface area contributed by atoms with Crippen LogP contribution in [0, 0.1) is 0 Å². The number of ether oxygens (including phenoxy) is 3. The summed E-state index contributed by atoms with van der Waals surface area (Å²) in [7, 11) is 3.14. The molecule has 0 saturated carbocycles. The first kappa shape index (κ1) is 19.7. The second-order valence-electron chi connectivity index (χ2n) is 6.90. The topological polar surface area (TPSA) is 102 Å². The van der Waals surface area contributed by atoms with Crippen molar-refractivity contribution in [3.63, 3.8) is 0 Å². The molecule has 1 aromatic carbocycles. The van der Waals surface area contributed by atoms with Crippen LogP contribution in [0.4, 0.5) is 0 Å². The maximum atomic E-state index is 13.0. The normalized spacial score (nSPS) is 16.2. The minimum Gasteiger partial charge on any atom is -0.496 e. The summed E-state index contributed by atoms with van der Waals surface area (Å²) in [5.41, 5.74) is 1.91. The molecule has 1 atom stereocenters. The van der Waals surface area contributed by atoms with Gasteiger partial charge >= 0.3 is 0 Å². The second kappa shape index (κ2) is 8.81. The number of rotatable bonds is 6. The fraction of sp³-hybridized carbons (Fsp3) is 0.333. The standard InChI is InChI=1S/C21H23N5O4/c1-28-18-8-4-3-7-15(18)16-10-17(25-24-16)21(27)26-9-5-6-14(13-26)30-20-12-22-11-19(23-20)29-2/h3-4,7-8,10-12,14H,5-6,9,13H2,1-2H3,(H,24,25). The van der Waals surface area contributed by atoms with Gasteiger partial charge in [-0.1, -0.05) is 12.1 Å². The minimum absolute atomic E-state index is 0.117. The lowest BCUT2D eigenvalue weighted by Crippen LogP contribution is -2.44. The number of carbonyl (C=O) groups is 1. The zero-order valence-corrected chi connectivity index (χ0v) is 16.9. The number of para-hydroxylation sites is 1. The molecule has 0 spiro atoms. The summed E-state index contributed by atoms with van der Waals surface area (Å²) >= 11 is 0. The van der Waals surface area contributed by atoms with Crippen LogP contribution in [-0.2, 0) is 0 Å². The zero-order chi connectivity index (χ0) is 20.9. The Kier molecular flexibility index (Phi) is 5.78. The van der Waals surface area contributed by atoms with Crippen LogP contribution in [0.3, 0.4) is 0 Å². The van der Waals surface area contributed by atoms with Gasteiger partial charge in [0, 0.05) is 12.1 Å². The van der Waals surface area contributed by atoms with Gasteiger partial charge in [-0.05, 0) is 31.0 Å². The summed E-state index contributed by atoms with van der Waals surface area (Å²) in [5, 5.41) is 7.16. The number of hydrogen-bond acceptors (Lipinski definition) is 7. The molecule has 156 valence electrons. The van der Waals surface area contributed by atoms with Gasteiger partial charge in [0.15, 0.2) is 0 Å². The van der Waals surface area contributed by atoms with Crippen molar-refractivity contribution in [2.75, 3.05) is 27.3 Å². The predicted molar refractivity (Wildman–Crippen MR) is 109 cm³/mol. The van der Waals surface area contributed by atoms with E-state index in [1.54, 1.807) is 18.1 Å². The van der Waals surface area contributed by atoms with Crippen LogP contribution in [-0.4, -0.2) is 64.4 Å². The average Bonchev–Trinajstić information content (AvgIpc) is 3.29. The highest BCUT2D eigenvalue weighted by Crippen LogP contribution is 2.29. The Labute approximate surface area is 174 Å². The number of H-pyrrole nitrogens is 1. The largest absolute Gasteiger partial charge is 0.496 e. The molecule has 1 aliphatic heterocycles. The Hall–Kier alpha value is -3.62. The summed E-state index contributed by atoms with van der Waals surface area (Å²) in [4.78, 5) is 23.1. The number of likely N-dealkylation sites (tertiary alicyclic amines) is 1. The Balaban J connectivity index is 1.45. The van der Waals surface area contributed by atoms with E-state index in [-0.39, 0.29) is 12.0 Å². The van der Waals surface area contributed by atoms with Crippen molar-refractivity contribution in [3.05, 3.63) is 48.4 Å². The second-order valence-corrected chi connectivity index (χ2v) is 6.90. The number of benzene rings is 1. The van der Waals surface area contributed by atoms with Crippen LogP contribution in [0.25, 0.3) is 11.3 Å². The molecule has 1 unspecified atom stereocenters. The van der Waals surface area contributed by atoms with Crippen LogP contribution in [0.1, 0.15) is 23.3 Å². The molecule has 30 heavy (non-hydrogen) atoms. The van der Waals surface area contributed by atoms with Crippen molar-refractivity contribution in [3.8, 4) is 28.8 Å². The maximum absolute atomic E-state index is 13.0. The van der Waals surface area contributed by atoms with Crippen LogP contribution in [0.2, 0.25) is 0 Å². The van der Waals surface area contributed by atoms with E-state index < -0.39 is 0 Å². The number of aromatic nitrogens is 4. The van der Waals surface area contributed by atoms with Gasteiger partial charge in [0.1, 0.15) is 17.5 Å². The van der Waals surface area contributed by atoms with Crippen molar-refractivity contribution in [1.82, 2.24) is 25.1 Å². The molecular formula is C21H23N5O4.